The molecule has 0 atom stereocenters. The fraction of sp³-hybridized carbons (Fsp3) is 0.143. The second-order valence-electron chi connectivity index (χ2n) is 4.38. The summed E-state index contributed by atoms with van der Waals surface area (Å²) < 4.78 is 1.27. The van der Waals surface area contributed by atoms with Gasteiger partial charge in [0, 0.05) is 17.3 Å². The van der Waals surface area contributed by atoms with E-state index in [4.69, 9.17) is 0 Å². The molecule has 0 aliphatic rings. The van der Waals surface area contributed by atoms with Crippen molar-refractivity contribution in [1.29, 1.82) is 0 Å². The first kappa shape index (κ1) is 12.7. The van der Waals surface area contributed by atoms with Crippen LogP contribution in [0.1, 0.15) is 16.0 Å². The minimum Gasteiger partial charge on any atom is -0.267 e. The van der Waals surface area contributed by atoms with Crippen LogP contribution in [0.3, 0.4) is 0 Å². The molecular formula is C14H12N4OS. The SMILES string of the molecule is Cc1sc2ncn(/N=C/c3ccncc3)c(=O)c2c1C. The van der Waals surface area contributed by atoms with E-state index in [-0.39, 0.29) is 5.56 Å². The van der Waals surface area contributed by atoms with Crippen LogP contribution in [0.5, 0.6) is 0 Å². The first-order chi connectivity index (χ1) is 9.66. The molecule has 0 radical (unpaired) electrons. The van der Waals surface area contributed by atoms with Crippen molar-refractivity contribution in [2.75, 3.05) is 0 Å². The van der Waals surface area contributed by atoms with Gasteiger partial charge in [0.15, 0.2) is 0 Å². The Bertz CT molecular complexity index is 849. The molecule has 0 saturated heterocycles. The van der Waals surface area contributed by atoms with Gasteiger partial charge in [-0.15, -0.1) is 11.3 Å². The van der Waals surface area contributed by atoms with Gasteiger partial charge in [0.1, 0.15) is 11.2 Å². The van der Waals surface area contributed by atoms with Crippen molar-refractivity contribution in [1.82, 2.24) is 14.6 Å². The predicted molar refractivity (Wildman–Crippen MR) is 80.6 cm³/mol. The highest BCUT2D eigenvalue weighted by molar-refractivity contribution is 7.18. The molecule has 0 fully saturated rings. The molecule has 0 aliphatic carbocycles. The Balaban J connectivity index is 2.09. The quantitative estimate of drug-likeness (QED) is 0.679. The van der Waals surface area contributed by atoms with E-state index in [2.05, 4.69) is 15.1 Å². The standard InChI is InChI=1S/C14H12N4OS/c1-9-10(2)20-13-12(9)14(19)18(8-16-13)17-7-11-3-5-15-6-4-11/h3-8H,1-2H3/b17-7+. The van der Waals surface area contributed by atoms with Gasteiger partial charge in [0.05, 0.1) is 11.6 Å². The van der Waals surface area contributed by atoms with E-state index in [0.717, 1.165) is 20.8 Å². The fourth-order valence-corrected chi connectivity index (χ4v) is 2.87. The molecule has 5 nitrogen and oxygen atoms in total. The zero-order valence-corrected chi connectivity index (χ0v) is 11.9. The summed E-state index contributed by atoms with van der Waals surface area (Å²) in [6.45, 7) is 3.93. The van der Waals surface area contributed by atoms with Gasteiger partial charge in [0.2, 0.25) is 0 Å². The first-order valence-corrected chi connectivity index (χ1v) is 6.90. The Labute approximate surface area is 119 Å². The van der Waals surface area contributed by atoms with E-state index in [1.807, 2.05) is 26.0 Å². The van der Waals surface area contributed by atoms with Crippen molar-refractivity contribution >= 4 is 27.8 Å². The molecule has 20 heavy (non-hydrogen) atoms. The Kier molecular flexibility index (Phi) is 3.15. The van der Waals surface area contributed by atoms with Crippen LogP contribution in [0.2, 0.25) is 0 Å². The van der Waals surface area contributed by atoms with Gasteiger partial charge in [-0.05, 0) is 37.1 Å². The van der Waals surface area contributed by atoms with Crippen LogP contribution < -0.4 is 5.56 Å². The molecule has 3 rings (SSSR count). The largest absolute Gasteiger partial charge is 0.282 e. The van der Waals surface area contributed by atoms with Crippen LogP contribution in [0.15, 0.2) is 40.7 Å². The molecule has 0 N–H and O–H groups in total. The maximum Gasteiger partial charge on any atom is 0.282 e. The van der Waals surface area contributed by atoms with Crippen LogP contribution in [-0.2, 0) is 0 Å². The topological polar surface area (TPSA) is 60.1 Å². The summed E-state index contributed by atoms with van der Waals surface area (Å²) >= 11 is 1.53. The van der Waals surface area contributed by atoms with Crippen LogP contribution in [0.4, 0.5) is 0 Å². The second kappa shape index (κ2) is 4.97. The number of nitrogens with zero attached hydrogens (tertiary/aromatic N) is 4. The van der Waals surface area contributed by atoms with Gasteiger partial charge < -0.3 is 0 Å². The van der Waals surface area contributed by atoms with Crippen molar-refractivity contribution in [2.24, 2.45) is 5.10 Å². The number of hydrogen-bond acceptors (Lipinski definition) is 5. The Morgan fingerprint density at radius 2 is 2.05 bits per heavy atom. The molecule has 0 bridgehead atoms. The lowest BCUT2D eigenvalue weighted by atomic mass is 10.2. The summed E-state index contributed by atoms with van der Waals surface area (Å²) in [5.74, 6) is 0. The average Bonchev–Trinajstić information content (AvgIpc) is 2.75. The van der Waals surface area contributed by atoms with Gasteiger partial charge in [-0.3, -0.25) is 9.78 Å². The molecular weight excluding hydrogens is 272 g/mol. The maximum atomic E-state index is 12.4. The monoisotopic (exact) mass is 284 g/mol. The van der Waals surface area contributed by atoms with Gasteiger partial charge in [-0.1, -0.05) is 0 Å². The highest BCUT2D eigenvalue weighted by atomic mass is 32.1. The van der Waals surface area contributed by atoms with Gasteiger partial charge in [-0.25, -0.2) is 4.98 Å². The van der Waals surface area contributed by atoms with E-state index in [0.29, 0.717) is 5.39 Å². The lowest BCUT2D eigenvalue weighted by Crippen LogP contribution is -2.16. The van der Waals surface area contributed by atoms with Crippen LogP contribution in [0.25, 0.3) is 10.2 Å². The predicted octanol–water partition coefficient (Wildman–Crippen LogP) is 2.35. The number of rotatable bonds is 2. The van der Waals surface area contributed by atoms with E-state index in [1.54, 1.807) is 18.6 Å². The number of aryl methyl sites for hydroxylation is 2. The third kappa shape index (κ3) is 2.14. The zero-order valence-electron chi connectivity index (χ0n) is 11.1. The summed E-state index contributed by atoms with van der Waals surface area (Å²) in [4.78, 5) is 22.5. The number of hydrogen-bond donors (Lipinski definition) is 0. The van der Waals surface area contributed by atoms with Crippen LogP contribution >= 0.6 is 11.3 Å². The fourth-order valence-electron chi connectivity index (χ4n) is 1.89. The summed E-state index contributed by atoms with van der Waals surface area (Å²) in [5, 5.41) is 4.82. The maximum absolute atomic E-state index is 12.4. The van der Waals surface area contributed by atoms with Crippen molar-refractivity contribution in [3.05, 3.63) is 57.2 Å². The summed E-state index contributed by atoms with van der Waals surface area (Å²) in [7, 11) is 0. The first-order valence-electron chi connectivity index (χ1n) is 6.08. The van der Waals surface area contributed by atoms with E-state index in [9.17, 15) is 4.79 Å². The summed E-state index contributed by atoms with van der Waals surface area (Å²) in [6.07, 6.45) is 6.43. The lowest BCUT2D eigenvalue weighted by Gasteiger charge is -1.98. The Morgan fingerprint density at radius 1 is 1.30 bits per heavy atom. The van der Waals surface area contributed by atoms with Crippen molar-refractivity contribution in [3.8, 4) is 0 Å². The molecule has 0 saturated carbocycles. The van der Waals surface area contributed by atoms with Gasteiger partial charge >= 0.3 is 0 Å². The molecule has 3 heterocycles. The third-order valence-corrected chi connectivity index (χ3v) is 4.23. The molecule has 0 unspecified atom stereocenters. The number of aromatic nitrogens is 3. The minimum absolute atomic E-state index is 0.137. The lowest BCUT2D eigenvalue weighted by molar-refractivity contribution is 0.818. The molecule has 6 heteroatoms. The molecule has 0 amide bonds. The molecule has 0 aromatic carbocycles. The highest BCUT2D eigenvalue weighted by Gasteiger charge is 2.11. The average molecular weight is 284 g/mol. The van der Waals surface area contributed by atoms with Gasteiger partial charge in [-0.2, -0.15) is 9.78 Å². The van der Waals surface area contributed by atoms with Crippen LogP contribution in [-0.4, -0.2) is 20.9 Å². The van der Waals surface area contributed by atoms with Gasteiger partial charge in [0.25, 0.3) is 5.56 Å². The summed E-state index contributed by atoms with van der Waals surface area (Å²) in [6, 6.07) is 3.64. The van der Waals surface area contributed by atoms with E-state index >= 15 is 0 Å². The highest BCUT2D eigenvalue weighted by Crippen LogP contribution is 2.25. The molecule has 3 aromatic rings. The molecule has 100 valence electrons. The van der Waals surface area contributed by atoms with E-state index in [1.165, 1.54) is 22.3 Å². The number of pyridine rings is 1. The molecule has 0 spiro atoms. The Morgan fingerprint density at radius 3 is 2.80 bits per heavy atom. The second-order valence-corrected chi connectivity index (χ2v) is 5.59. The Hall–Kier alpha value is -2.34. The third-order valence-electron chi connectivity index (χ3n) is 3.11. The van der Waals surface area contributed by atoms with Crippen molar-refractivity contribution in [3.63, 3.8) is 0 Å². The van der Waals surface area contributed by atoms with Crippen molar-refractivity contribution in [2.45, 2.75) is 13.8 Å². The normalized spacial score (nSPS) is 11.5. The number of thiophene rings is 1. The molecule has 3 aromatic heterocycles. The smallest absolute Gasteiger partial charge is 0.267 e. The summed E-state index contributed by atoms with van der Waals surface area (Å²) in [5.41, 5.74) is 1.73. The minimum atomic E-state index is -0.137. The number of fused-ring (bicyclic) bond motifs is 1. The van der Waals surface area contributed by atoms with E-state index < -0.39 is 0 Å². The zero-order chi connectivity index (χ0) is 14.1. The van der Waals surface area contributed by atoms with Crippen LogP contribution in [0, 0.1) is 13.8 Å². The molecule has 0 aliphatic heterocycles. The van der Waals surface area contributed by atoms with Crippen molar-refractivity contribution < 1.29 is 0 Å².